The molecule has 4 nitrogen and oxygen atoms in total. The largest absolute Gasteiger partial charge is 0.298 e. The monoisotopic (exact) mass is 167 g/mol. The second kappa shape index (κ2) is 3.30. The Labute approximate surface area is 69.7 Å². The first kappa shape index (κ1) is 8.64. The third kappa shape index (κ3) is 1.58. The minimum atomic E-state index is -0.382. The summed E-state index contributed by atoms with van der Waals surface area (Å²) in [6.45, 7) is 1.65. The van der Waals surface area contributed by atoms with Crippen molar-refractivity contribution in [2.75, 3.05) is 0 Å². The Balaban J connectivity index is 2.97. The maximum Gasteiger partial charge on any atom is 0.249 e. The van der Waals surface area contributed by atoms with Gasteiger partial charge >= 0.3 is 0 Å². The number of allylic oxidation sites excluding steroid dienone is 4. The molecule has 0 spiro atoms. The van der Waals surface area contributed by atoms with Crippen molar-refractivity contribution < 1.29 is 9.72 Å². The lowest BCUT2D eigenvalue weighted by molar-refractivity contribution is -0.429. The molecule has 0 aromatic rings. The molecule has 0 amide bonds. The number of carbonyl (C=O) groups is 1. The van der Waals surface area contributed by atoms with E-state index in [1.165, 1.54) is 0 Å². The summed E-state index contributed by atoms with van der Waals surface area (Å²) in [5, 5.41) is 10.4. The number of hydrogen-bond donors (Lipinski definition) is 0. The van der Waals surface area contributed by atoms with Crippen LogP contribution in [-0.2, 0) is 4.79 Å². The first-order valence-corrected chi connectivity index (χ1v) is 3.65. The molecule has 0 heterocycles. The standard InChI is InChI=1S/C8H9NO3/c1-6-4-7(5-10)2-3-8(6)9(11)12/h4-5H,2-3H2,1H3. The maximum absolute atomic E-state index is 10.4. The lowest BCUT2D eigenvalue weighted by atomic mass is 9.99. The van der Waals surface area contributed by atoms with Crippen LogP contribution >= 0.6 is 0 Å². The van der Waals surface area contributed by atoms with E-state index in [9.17, 15) is 14.9 Å². The molecule has 0 bridgehead atoms. The summed E-state index contributed by atoms with van der Waals surface area (Å²) in [5.41, 5.74) is 1.45. The molecule has 0 aromatic heterocycles. The van der Waals surface area contributed by atoms with Gasteiger partial charge in [-0.1, -0.05) is 0 Å². The van der Waals surface area contributed by atoms with Gasteiger partial charge in [0.2, 0.25) is 5.70 Å². The van der Waals surface area contributed by atoms with E-state index in [-0.39, 0.29) is 10.6 Å². The highest BCUT2D eigenvalue weighted by molar-refractivity contribution is 5.74. The molecule has 4 heteroatoms. The van der Waals surface area contributed by atoms with Crippen molar-refractivity contribution in [1.82, 2.24) is 0 Å². The minimum absolute atomic E-state index is 0.223. The molecule has 0 fully saturated rings. The molecule has 0 aliphatic heterocycles. The molecule has 0 saturated carbocycles. The second-order valence-electron chi connectivity index (χ2n) is 2.72. The van der Waals surface area contributed by atoms with Gasteiger partial charge in [-0.25, -0.2) is 0 Å². The van der Waals surface area contributed by atoms with Gasteiger partial charge in [0.25, 0.3) is 0 Å². The van der Waals surface area contributed by atoms with E-state index >= 15 is 0 Å². The number of hydrogen-bond acceptors (Lipinski definition) is 3. The lowest BCUT2D eigenvalue weighted by Gasteiger charge is -2.07. The van der Waals surface area contributed by atoms with Crippen molar-refractivity contribution >= 4 is 6.29 Å². The van der Waals surface area contributed by atoms with Gasteiger partial charge in [-0.3, -0.25) is 14.9 Å². The molecule has 0 saturated heterocycles. The first-order valence-electron chi connectivity index (χ1n) is 3.65. The Kier molecular flexibility index (Phi) is 2.38. The van der Waals surface area contributed by atoms with E-state index < -0.39 is 0 Å². The number of rotatable bonds is 2. The van der Waals surface area contributed by atoms with Gasteiger partial charge in [0, 0.05) is 12.0 Å². The lowest BCUT2D eigenvalue weighted by Crippen LogP contribution is -2.06. The van der Waals surface area contributed by atoms with Gasteiger partial charge in [-0.2, -0.15) is 0 Å². The van der Waals surface area contributed by atoms with E-state index in [0.29, 0.717) is 24.0 Å². The molecule has 12 heavy (non-hydrogen) atoms. The van der Waals surface area contributed by atoms with Crippen LogP contribution in [0.1, 0.15) is 19.8 Å². The zero-order valence-corrected chi connectivity index (χ0v) is 6.74. The van der Waals surface area contributed by atoms with E-state index in [1.54, 1.807) is 13.0 Å². The van der Waals surface area contributed by atoms with Crippen molar-refractivity contribution in [2.24, 2.45) is 0 Å². The molecular weight excluding hydrogens is 158 g/mol. The third-order valence-corrected chi connectivity index (χ3v) is 1.88. The molecular formula is C8H9NO3. The van der Waals surface area contributed by atoms with Crippen molar-refractivity contribution in [2.45, 2.75) is 19.8 Å². The van der Waals surface area contributed by atoms with E-state index in [0.717, 1.165) is 6.29 Å². The Morgan fingerprint density at radius 1 is 1.58 bits per heavy atom. The third-order valence-electron chi connectivity index (χ3n) is 1.88. The molecule has 0 aromatic carbocycles. The summed E-state index contributed by atoms with van der Waals surface area (Å²) in [4.78, 5) is 20.3. The van der Waals surface area contributed by atoms with Crippen molar-refractivity contribution in [3.63, 3.8) is 0 Å². The van der Waals surface area contributed by atoms with Gasteiger partial charge in [-0.15, -0.1) is 0 Å². The van der Waals surface area contributed by atoms with E-state index in [1.807, 2.05) is 0 Å². The smallest absolute Gasteiger partial charge is 0.249 e. The summed E-state index contributed by atoms with van der Waals surface area (Å²) in [6.07, 6.45) is 3.18. The highest BCUT2D eigenvalue weighted by Crippen LogP contribution is 2.22. The normalized spacial score (nSPS) is 17.2. The highest BCUT2D eigenvalue weighted by Gasteiger charge is 2.18. The average molecular weight is 167 g/mol. The molecule has 64 valence electrons. The Hall–Kier alpha value is -1.45. The first-order chi connectivity index (χ1) is 5.65. The maximum atomic E-state index is 10.4. The van der Waals surface area contributed by atoms with Crippen molar-refractivity contribution in [1.29, 1.82) is 0 Å². The average Bonchev–Trinajstić information content (AvgIpc) is 2.03. The Morgan fingerprint density at radius 2 is 2.25 bits per heavy atom. The molecule has 0 unspecified atom stereocenters. The van der Waals surface area contributed by atoms with Crippen LogP contribution < -0.4 is 0 Å². The van der Waals surface area contributed by atoms with E-state index in [2.05, 4.69) is 0 Å². The topological polar surface area (TPSA) is 60.2 Å². The number of carbonyl (C=O) groups excluding carboxylic acids is 1. The van der Waals surface area contributed by atoms with Crippen LogP contribution in [0.2, 0.25) is 0 Å². The van der Waals surface area contributed by atoms with Crippen molar-refractivity contribution in [3.8, 4) is 0 Å². The SMILES string of the molecule is CC1=C([N+](=O)[O-])CCC(C=O)=C1. The van der Waals surface area contributed by atoms with Gasteiger partial charge in [0.05, 0.1) is 4.92 Å². The second-order valence-corrected chi connectivity index (χ2v) is 2.72. The number of aldehydes is 1. The Morgan fingerprint density at radius 3 is 2.67 bits per heavy atom. The fraction of sp³-hybridized carbons (Fsp3) is 0.375. The molecule has 0 N–H and O–H groups in total. The summed E-state index contributed by atoms with van der Waals surface area (Å²) in [6, 6.07) is 0. The number of nitrogens with zero attached hydrogens (tertiary/aromatic N) is 1. The predicted octanol–water partition coefficient (Wildman–Crippen LogP) is 1.46. The molecule has 0 atom stereocenters. The summed E-state index contributed by atoms with van der Waals surface area (Å²) in [7, 11) is 0. The van der Waals surface area contributed by atoms with Crippen LogP contribution in [0.5, 0.6) is 0 Å². The molecule has 0 radical (unpaired) electrons. The zero-order valence-electron chi connectivity index (χ0n) is 6.74. The van der Waals surface area contributed by atoms with Gasteiger partial charge < -0.3 is 0 Å². The quantitative estimate of drug-likeness (QED) is 0.355. The Bertz CT molecular complexity index is 289. The van der Waals surface area contributed by atoms with Crippen LogP contribution in [0, 0.1) is 10.1 Å². The van der Waals surface area contributed by atoms with Crippen LogP contribution in [0.4, 0.5) is 0 Å². The minimum Gasteiger partial charge on any atom is -0.298 e. The van der Waals surface area contributed by atoms with Gasteiger partial charge in [0.1, 0.15) is 6.29 Å². The van der Waals surface area contributed by atoms with Crippen LogP contribution in [0.25, 0.3) is 0 Å². The van der Waals surface area contributed by atoms with Gasteiger partial charge in [-0.05, 0) is 25.0 Å². The highest BCUT2D eigenvalue weighted by atomic mass is 16.6. The van der Waals surface area contributed by atoms with Crippen LogP contribution in [0.3, 0.4) is 0 Å². The fourth-order valence-electron chi connectivity index (χ4n) is 1.22. The van der Waals surface area contributed by atoms with Crippen molar-refractivity contribution in [3.05, 3.63) is 33.0 Å². The summed E-state index contributed by atoms with van der Waals surface area (Å²) in [5.74, 6) is 0. The summed E-state index contributed by atoms with van der Waals surface area (Å²) >= 11 is 0. The summed E-state index contributed by atoms with van der Waals surface area (Å²) < 4.78 is 0. The predicted molar refractivity (Wildman–Crippen MR) is 43.1 cm³/mol. The van der Waals surface area contributed by atoms with Crippen LogP contribution in [0.15, 0.2) is 22.9 Å². The number of nitro groups is 1. The molecule has 1 aliphatic carbocycles. The molecule has 1 rings (SSSR count). The zero-order chi connectivity index (χ0) is 9.14. The van der Waals surface area contributed by atoms with Gasteiger partial charge in [0.15, 0.2) is 0 Å². The van der Waals surface area contributed by atoms with E-state index in [4.69, 9.17) is 0 Å². The molecule has 1 aliphatic rings. The van der Waals surface area contributed by atoms with Crippen LogP contribution in [-0.4, -0.2) is 11.2 Å². The fourth-order valence-corrected chi connectivity index (χ4v) is 1.22.